The van der Waals surface area contributed by atoms with Crippen LogP contribution < -0.4 is 9.64 Å². The first-order chi connectivity index (χ1) is 12.1. The third kappa shape index (κ3) is 4.74. The molecule has 0 aliphatic rings. The van der Waals surface area contributed by atoms with E-state index in [4.69, 9.17) is 16.3 Å². The summed E-state index contributed by atoms with van der Waals surface area (Å²) >= 11 is 6.42. The number of nitrogens with zero attached hydrogens (tertiary/aromatic N) is 1. The van der Waals surface area contributed by atoms with E-state index in [1.165, 1.54) is 12.0 Å². The van der Waals surface area contributed by atoms with Crippen LogP contribution in [0, 0.1) is 0 Å². The molecule has 4 nitrogen and oxygen atoms in total. The maximum atomic E-state index is 10.2. The lowest BCUT2D eigenvalue weighted by Gasteiger charge is -2.26. The largest absolute Gasteiger partial charge is 0.504 e. The fourth-order valence-electron chi connectivity index (χ4n) is 3.01. The molecule has 0 amide bonds. The second-order valence-corrected chi connectivity index (χ2v) is 6.24. The minimum absolute atomic E-state index is 0.109. The first-order valence-electron chi connectivity index (χ1n) is 8.57. The molecular formula is C20H26ClN2O2+. The maximum Gasteiger partial charge on any atom is 0.166 e. The monoisotopic (exact) mass is 361 g/mol. The van der Waals surface area contributed by atoms with E-state index in [2.05, 4.69) is 24.9 Å². The standard InChI is InChI=1S/C20H25ClN2O2/c1-4-23(5-2)18(16-10-6-7-11-17(16)21)14-22-13-15-9-8-12-19(25-3)20(15)24/h6-13,18,24H,4-5,14H2,1-3H3/p+1/t18-/m1/s1. The third-order valence-corrected chi connectivity index (χ3v) is 4.79. The SMILES string of the molecule is CC[NH+](CC)[C@H](CN=Cc1cccc(OC)c1O)c1ccccc1Cl. The number of nitrogens with one attached hydrogen (secondary N) is 1. The molecule has 0 unspecified atom stereocenters. The second-order valence-electron chi connectivity index (χ2n) is 5.83. The van der Waals surface area contributed by atoms with E-state index in [0.717, 1.165) is 23.7 Å². The van der Waals surface area contributed by atoms with Crippen LogP contribution >= 0.6 is 11.6 Å². The van der Waals surface area contributed by atoms with Crippen molar-refractivity contribution in [2.45, 2.75) is 19.9 Å². The Morgan fingerprint density at radius 1 is 1.16 bits per heavy atom. The highest BCUT2D eigenvalue weighted by molar-refractivity contribution is 6.31. The zero-order valence-electron chi connectivity index (χ0n) is 15.0. The van der Waals surface area contributed by atoms with Gasteiger partial charge in [0, 0.05) is 22.4 Å². The number of phenolic OH excluding ortho intramolecular Hbond substituents is 1. The Balaban J connectivity index is 2.25. The van der Waals surface area contributed by atoms with Gasteiger partial charge >= 0.3 is 0 Å². The van der Waals surface area contributed by atoms with Gasteiger partial charge in [-0.1, -0.05) is 35.9 Å². The molecule has 5 heteroatoms. The van der Waals surface area contributed by atoms with Crippen LogP contribution in [0.4, 0.5) is 0 Å². The van der Waals surface area contributed by atoms with Gasteiger partial charge in [0.25, 0.3) is 0 Å². The Bertz CT molecular complexity index is 715. The average Bonchev–Trinajstić information content (AvgIpc) is 2.63. The van der Waals surface area contributed by atoms with E-state index in [1.807, 2.05) is 30.3 Å². The van der Waals surface area contributed by atoms with Crippen molar-refractivity contribution in [3.05, 3.63) is 58.6 Å². The molecule has 2 aromatic carbocycles. The number of benzene rings is 2. The number of rotatable bonds is 8. The van der Waals surface area contributed by atoms with Crippen molar-refractivity contribution < 1.29 is 14.7 Å². The van der Waals surface area contributed by atoms with Crippen molar-refractivity contribution in [3.63, 3.8) is 0 Å². The van der Waals surface area contributed by atoms with Crippen LogP contribution in [0.5, 0.6) is 11.5 Å². The Hall–Kier alpha value is -2.04. The lowest BCUT2D eigenvalue weighted by Crippen LogP contribution is -3.12. The predicted molar refractivity (Wildman–Crippen MR) is 103 cm³/mol. The summed E-state index contributed by atoms with van der Waals surface area (Å²) in [4.78, 5) is 6.01. The number of halogens is 1. The minimum Gasteiger partial charge on any atom is -0.504 e. The summed E-state index contributed by atoms with van der Waals surface area (Å²) in [6.07, 6.45) is 1.70. The number of hydrogen-bond acceptors (Lipinski definition) is 3. The number of phenols is 1. The Labute approximate surface area is 154 Å². The molecule has 0 saturated heterocycles. The number of aromatic hydroxyl groups is 1. The topological polar surface area (TPSA) is 46.3 Å². The van der Waals surface area contributed by atoms with Crippen molar-refractivity contribution >= 4 is 17.8 Å². The highest BCUT2D eigenvalue weighted by atomic mass is 35.5. The average molecular weight is 362 g/mol. The number of likely N-dealkylation sites (N-methyl/N-ethyl adjacent to an activating group) is 1. The molecule has 2 rings (SSSR count). The van der Waals surface area contributed by atoms with Gasteiger partial charge in [-0.2, -0.15) is 0 Å². The van der Waals surface area contributed by atoms with Gasteiger partial charge in [-0.3, -0.25) is 4.99 Å². The summed E-state index contributed by atoms with van der Waals surface area (Å²) in [5.74, 6) is 0.555. The van der Waals surface area contributed by atoms with Crippen molar-refractivity contribution in [3.8, 4) is 11.5 Å². The zero-order chi connectivity index (χ0) is 18.2. The molecule has 0 aliphatic heterocycles. The molecular weight excluding hydrogens is 336 g/mol. The van der Waals surface area contributed by atoms with Crippen LogP contribution in [0.3, 0.4) is 0 Å². The van der Waals surface area contributed by atoms with Crippen LogP contribution in [0.25, 0.3) is 0 Å². The highest BCUT2D eigenvalue weighted by Gasteiger charge is 2.23. The van der Waals surface area contributed by atoms with E-state index in [1.54, 1.807) is 12.3 Å². The molecule has 0 heterocycles. The molecule has 2 N–H and O–H groups in total. The lowest BCUT2D eigenvalue weighted by atomic mass is 10.0. The van der Waals surface area contributed by atoms with Crippen LogP contribution in [0.1, 0.15) is 31.0 Å². The Morgan fingerprint density at radius 2 is 1.88 bits per heavy atom. The van der Waals surface area contributed by atoms with Crippen LogP contribution in [-0.4, -0.2) is 38.1 Å². The zero-order valence-corrected chi connectivity index (χ0v) is 15.8. The Kier molecular flexibility index (Phi) is 7.29. The molecule has 134 valence electrons. The number of aliphatic imine (C=N–C) groups is 1. The molecule has 0 aromatic heterocycles. The molecule has 25 heavy (non-hydrogen) atoms. The summed E-state index contributed by atoms with van der Waals surface area (Å²) in [5, 5.41) is 10.9. The summed E-state index contributed by atoms with van der Waals surface area (Å²) in [6.45, 7) is 6.91. The molecule has 0 fully saturated rings. The Morgan fingerprint density at radius 3 is 2.52 bits per heavy atom. The number of hydrogen-bond donors (Lipinski definition) is 2. The van der Waals surface area contributed by atoms with Crippen molar-refractivity contribution in [1.82, 2.24) is 0 Å². The molecule has 1 atom stereocenters. The fourth-order valence-corrected chi connectivity index (χ4v) is 3.28. The first kappa shape index (κ1) is 19.3. The van der Waals surface area contributed by atoms with Gasteiger partial charge in [-0.15, -0.1) is 0 Å². The summed E-state index contributed by atoms with van der Waals surface area (Å²) in [6, 6.07) is 13.5. The molecule has 0 spiro atoms. The van der Waals surface area contributed by atoms with E-state index in [0.29, 0.717) is 17.9 Å². The minimum atomic E-state index is 0.109. The van der Waals surface area contributed by atoms with Gasteiger partial charge in [0.1, 0.15) is 6.04 Å². The van der Waals surface area contributed by atoms with Gasteiger partial charge in [-0.05, 0) is 32.0 Å². The normalized spacial score (nSPS) is 12.7. The lowest BCUT2D eigenvalue weighted by molar-refractivity contribution is -0.926. The van der Waals surface area contributed by atoms with E-state index >= 15 is 0 Å². The van der Waals surface area contributed by atoms with Crippen LogP contribution in [-0.2, 0) is 0 Å². The van der Waals surface area contributed by atoms with Crippen molar-refractivity contribution in [2.75, 3.05) is 26.7 Å². The van der Waals surface area contributed by atoms with Gasteiger partial charge in [0.05, 0.1) is 26.7 Å². The first-order valence-corrected chi connectivity index (χ1v) is 8.94. The molecule has 0 bridgehead atoms. The molecule has 0 saturated carbocycles. The van der Waals surface area contributed by atoms with Gasteiger partial charge < -0.3 is 14.7 Å². The number of para-hydroxylation sites is 1. The summed E-state index contributed by atoms with van der Waals surface area (Å²) < 4.78 is 5.14. The number of quaternary nitrogens is 1. The van der Waals surface area contributed by atoms with Crippen molar-refractivity contribution in [1.29, 1.82) is 0 Å². The second kappa shape index (κ2) is 9.44. The van der Waals surface area contributed by atoms with E-state index in [9.17, 15) is 5.11 Å². The number of methoxy groups -OCH3 is 1. The molecule has 0 radical (unpaired) electrons. The van der Waals surface area contributed by atoms with Gasteiger partial charge in [0.2, 0.25) is 0 Å². The van der Waals surface area contributed by atoms with Crippen LogP contribution in [0.15, 0.2) is 47.5 Å². The summed E-state index contributed by atoms with van der Waals surface area (Å²) in [5.41, 5.74) is 1.75. The molecule has 0 aliphatic carbocycles. The predicted octanol–water partition coefficient (Wildman–Crippen LogP) is 3.14. The fraction of sp³-hybridized carbons (Fsp3) is 0.350. The quantitative estimate of drug-likeness (QED) is 0.709. The number of ether oxygens (including phenoxy) is 1. The summed E-state index contributed by atoms with van der Waals surface area (Å²) in [7, 11) is 1.53. The molecule has 2 aromatic rings. The van der Waals surface area contributed by atoms with Gasteiger partial charge in [-0.25, -0.2) is 0 Å². The third-order valence-electron chi connectivity index (χ3n) is 4.45. The van der Waals surface area contributed by atoms with E-state index in [-0.39, 0.29) is 11.8 Å². The highest BCUT2D eigenvalue weighted by Crippen LogP contribution is 2.28. The van der Waals surface area contributed by atoms with Crippen LogP contribution in [0.2, 0.25) is 5.02 Å². The van der Waals surface area contributed by atoms with E-state index < -0.39 is 0 Å². The van der Waals surface area contributed by atoms with Crippen molar-refractivity contribution in [2.24, 2.45) is 4.99 Å². The smallest absolute Gasteiger partial charge is 0.166 e. The van der Waals surface area contributed by atoms with Gasteiger partial charge in [0.15, 0.2) is 11.5 Å². The maximum absolute atomic E-state index is 10.2.